The van der Waals surface area contributed by atoms with Gasteiger partial charge in [-0.2, -0.15) is 0 Å². The van der Waals surface area contributed by atoms with Crippen molar-refractivity contribution in [3.8, 4) is 0 Å². The second kappa shape index (κ2) is 3.86. The molecule has 7 nitrogen and oxygen atoms in total. The Kier molecular flexibility index (Phi) is 2.50. The molecule has 3 rings (SSSR count). The first-order valence-corrected chi connectivity index (χ1v) is 6.12. The molecule has 0 bridgehead atoms. The van der Waals surface area contributed by atoms with E-state index in [0.29, 0.717) is 6.42 Å². The lowest BCUT2D eigenvalue weighted by Crippen LogP contribution is -2.44. The van der Waals surface area contributed by atoms with E-state index in [1.807, 2.05) is 6.92 Å². The summed E-state index contributed by atoms with van der Waals surface area (Å²) in [7, 11) is 1.45. The standard InChI is InChI=1S/C12H15NO6/c1-12-7(19-12)3-5-6(9(14)15)4-17-10(8(5)12)18-11(16)13-2/h4-5,7-8,10H,3H2,1-2H3,(H,13,16)(H,14,15)/t5?,7?,8?,10?,12-/m0/s1. The average molecular weight is 269 g/mol. The SMILES string of the molecule is CNC(=O)OC1OC=C(C(=O)O)C2CC3O[C@]3(C)C12. The van der Waals surface area contributed by atoms with Crippen LogP contribution in [0.25, 0.3) is 0 Å². The molecule has 2 fully saturated rings. The highest BCUT2D eigenvalue weighted by molar-refractivity contribution is 5.87. The van der Waals surface area contributed by atoms with E-state index in [9.17, 15) is 14.7 Å². The van der Waals surface area contributed by atoms with Gasteiger partial charge in [0.2, 0.25) is 0 Å². The number of alkyl carbamates (subject to hydrolysis) is 1. The van der Waals surface area contributed by atoms with Crippen LogP contribution in [0.1, 0.15) is 13.3 Å². The second-order valence-electron chi connectivity index (χ2n) is 5.20. The highest BCUT2D eigenvalue weighted by Gasteiger charge is 2.70. The molecule has 19 heavy (non-hydrogen) atoms. The van der Waals surface area contributed by atoms with Gasteiger partial charge in [-0.05, 0) is 13.3 Å². The molecule has 3 aliphatic rings. The Morgan fingerprint density at radius 1 is 1.58 bits per heavy atom. The maximum atomic E-state index is 11.3. The van der Waals surface area contributed by atoms with Gasteiger partial charge in [0.25, 0.3) is 6.29 Å². The summed E-state index contributed by atoms with van der Waals surface area (Å²) in [5.74, 6) is -1.49. The van der Waals surface area contributed by atoms with Gasteiger partial charge in [0.15, 0.2) is 0 Å². The van der Waals surface area contributed by atoms with Crippen molar-refractivity contribution in [2.75, 3.05) is 7.05 Å². The number of hydrogen-bond acceptors (Lipinski definition) is 5. The Balaban J connectivity index is 1.87. The van der Waals surface area contributed by atoms with Crippen LogP contribution in [0.4, 0.5) is 4.79 Å². The molecule has 2 N–H and O–H groups in total. The summed E-state index contributed by atoms with van der Waals surface area (Å²) in [6, 6.07) is 0. The number of fused-ring (bicyclic) bond motifs is 3. The number of amides is 1. The maximum Gasteiger partial charge on any atom is 0.409 e. The number of carboxylic acids is 1. The summed E-state index contributed by atoms with van der Waals surface area (Å²) in [6.45, 7) is 1.90. The van der Waals surface area contributed by atoms with Crippen LogP contribution in [-0.4, -0.2) is 42.2 Å². The third-order valence-electron chi connectivity index (χ3n) is 4.24. The summed E-state index contributed by atoms with van der Waals surface area (Å²) in [6.07, 6.45) is 0.401. The minimum Gasteiger partial charge on any atom is -0.478 e. The van der Waals surface area contributed by atoms with Crippen LogP contribution in [0.15, 0.2) is 11.8 Å². The van der Waals surface area contributed by atoms with Crippen molar-refractivity contribution in [3.05, 3.63) is 11.8 Å². The number of nitrogens with one attached hydrogen (secondary N) is 1. The molecule has 104 valence electrons. The number of aliphatic carboxylic acids is 1. The lowest BCUT2D eigenvalue weighted by atomic mass is 9.82. The zero-order chi connectivity index (χ0) is 13.8. The summed E-state index contributed by atoms with van der Waals surface area (Å²) < 4.78 is 16.0. The number of carbonyl (C=O) groups excluding carboxylic acids is 1. The highest BCUT2D eigenvalue weighted by Crippen LogP contribution is 2.60. The fourth-order valence-corrected chi connectivity index (χ4v) is 3.19. The largest absolute Gasteiger partial charge is 0.478 e. The predicted octanol–water partition coefficient (Wildman–Crippen LogP) is 0.461. The summed E-state index contributed by atoms with van der Waals surface area (Å²) in [4.78, 5) is 22.5. The van der Waals surface area contributed by atoms with Crippen molar-refractivity contribution in [2.24, 2.45) is 11.8 Å². The zero-order valence-electron chi connectivity index (χ0n) is 10.6. The Bertz CT molecular complexity index is 475. The molecule has 7 heteroatoms. The molecule has 2 aliphatic heterocycles. The quantitative estimate of drug-likeness (QED) is 0.707. The molecule has 2 heterocycles. The molecule has 0 aromatic heterocycles. The number of hydrogen-bond donors (Lipinski definition) is 2. The molecule has 0 spiro atoms. The number of carbonyl (C=O) groups is 2. The van der Waals surface area contributed by atoms with Gasteiger partial charge in [-0.3, -0.25) is 0 Å². The van der Waals surface area contributed by atoms with Crippen molar-refractivity contribution in [1.82, 2.24) is 5.32 Å². The second-order valence-corrected chi connectivity index (χ2v) is 5.20. The van der Waals surface area contributed by atoms with Crippen LogP contribution in [0.3, 0.4) is 0 Å². The van der Waals surface area contributed by atoms with E-state index in [2.05, 4.69) is 5.32 Å². The van der Waals surface area contributed by atoms with Crippen molar-refractivity contribution in [2.45, 2.75) is 31.3 Å². The first-order chi connectivity index (χ1) is 8.97. The van der Waals surface area contributed by atoms with E-state index >= 15 is 0 Å². The Morgan fingerprint density at radius 2 is 2.32 bits per heavy atom. The van der Waals surface area contributed by atoms with Crippen molar-refractivity contribution in [1.29, 1.82) is 0 Å². The lowest BCUT2D eigenvalue weighted by Gasteiger charge is -2.35. The molecule has 1 amide bonds. The van der Waals surface area contributed by atoms with Crippen LogP contribution in [0.5, 0.6) is 0 Å². The van der Waals surface area contributed by atoms with Crippen molar-refractivity contribution < 1.29 is 28.9 Å². The predicted molar refractivity (Wildman–Crippen MR) is 61.0 cm³/mol. The topological polar surface area (TPSA) is 97.4 Å². The minimum absolute atomic E-state index is 0.0164. The van der Waals surface area contributed by atoms with Gasteiger partial charge in [0, 0.05) is 13.0 Å². The molecule has 1 saturated carbocycles. The molecular formula is C12H15NO6. The molecule has 0 aromatic rings. The summed E-state index contributed by atoms with van der Waals surface area (Å²) >= 11 is 0. The van der Waals surface area contributed by atoms with Gasteiger partial charge in [-0.1, -0.05) is 0 Å². The molecule has 1 saturated heterocycles. The summed E-state index contributed by atoms with van der Waals surface area (Å²) in [5.41, 5.74) is -0.239. The molecule has 4 unspecified atom stereocenters. The average Bonchev–Trinajstić information content (AvgIpc) is 2.91. The van der Waals surface area contributed by atoms with E-state index in [1.165, 1.54) is 13.3 Å². The van der Waals surface area contributed by atoms with Crippen LogP contribution < -0.4 is 5.32 Å². The van der Waals surface area contributed by atoms with Gasteiger partial charge in [0.1, 0.15) is 5.60 Å². The van der Waals surface area contributed by atoms with E-state index in [0.717, 1.165) is 0 Å². The fraction of sp³-hybridized carbons (Fsp3) is 0.667. The Morgan fingerprint density at radius 3 is 2.95 bits per heavy atom. The smallest absolute Gasteiger partial charge is 0.409 e. The van der Waals surface area contributed by atoms with Crippen molar-refractivity contribution >= 4 is 12.1 Å². The zero-order valence-corrected chi connectivity index (χ0v) is 10.6. The normalized spacial score (nSPS) is 42.3. The van der Waals surface area contributed by atoms with Gasteiger partial charge in [-0.25, -0.2) is 9.59 Å². The van der Waals surface area contributed by atoms with Crippen LogP contribution in [0, 0.1) is 11.8 Å². The van der Waals surface area contributed by atoms with Gasteiger partial charge in [0.05, 0.1) is 23.9 Å². The molecule has 1 aliphatic carbocycles. The van der Waals surface area contributed by atoms with Crippen LogP contribution in [-0.2, 0) is 19.0 Å². The third-order valence-corrected chi connectivity index (χ3v) is 4.24. The first-order valence-electron chi connectivity index (χ1n) is 6.12. The highest BCUT2D eigenvalue weighted by atomic mass is 16.7. The monoisotopic (exact) mass is 269 g/mol. The molecule has 0 radical (unpaired) electrons. The van der Waals surface area contributed by atoms with Gasteiger partial charge < -0.3 is 24.6 Å². The van der Waals surface area contributed by atoms with Crippen LogP contribution in [0.2, 0.25) is 0 Å². The number of epoxide rings is 1. The maximum absolute atomic E-state index is 11.3. The lowest BCUT2D eigenvalue weighted by molar-refractivity contribution is -0.148. The fourth-order valence-electron chi connectivity index (χ4n) is 3.19. The van der Waals surface area contributed by atoms with Crippen LogP contribution >= 0.6 is 0 Å². The summed E-state index contributed by atoms with van der Waals surface area (Å²) in [5, 5.41) is 11.5. The molecular weight excluding hydrogens is 254 g/mol. The van der Waals surface area contributed by atoms with E-state index in [4.69, 9.17) is 14.2 Å². The minimum atomic E-state index is -1.00. The molecule has 5 atom stereocenters. The number of carboxylic acid groups (broad SMARTS) is 1. The Labute approximate surface area is 109 Å². The van der Waals surface area contributed by atoms with E-state index in [-0.39, 0.29) is 23.5 Å². The van der Waals surface area contributed by atoms with E-state index in [1.54, 1.807) is 0 Å². The van der Waals surface area contributed by atoms with Gasteiger partial charge in [-0.15, -0.1) is 0 Å². The number of rotatable bonds is 2. The number of ether oxygens (including phenoxy) is 3. The van der Waals surface area contributed by atoms with Gasteiger partial charge >= 0.3 is 12.1 Å². The van der Waals surface area contributed by atoms with E-state index < -0.39 is 24.0 Å². The molecule has 0 aromatic carbocycles. The van der Waals surface area contributed by atoms with Crippen molar-refractivity contribution in [3.63, 3.8) is 0 Å². The third kappa shape index (κ3) is 1.68. The first kappa shape index (κ1) is 12.3. The Hall–Kier alpha value is -1.76.